The van der Waals surface area contributed by atoms with Crippen LogP contribution in [0.3, 0.4) is 0 Å². The average molecular weight is 357 g/mol. The van der Waals surface area contributed by atoms with Crippen LogP contribution in [0.2, 0.25) is 0 Å². The fourth-order valence-corrected chi connectivity index (χ4v) is 3.46. The first-order valence-corrected chi connectivity index (χ1v) is 8.69. The van der Waals surface area contributed by atoms with Crippen molar-refractivity contribution in [1.29, 1.82) is 0 Å². The Morgan fingerprint density at radius 2 is 2.10 bits per heavy atom. The molecule has 2 rings (SSSR count). The lowest BCUT2D eigenvalue weighted by Gasteiger charge is -2.35. The van der Waals surface area contributed by atoms with E-state index in [4.69, 9.17) is 0 Å². The second kappa shape index (κ2) is 8.54. The van der Waals surface area contributed by atoms with Gasteiger partial charge in [0, 0.05) is 19.1 Å². The SMILES string of the molecule is CCCNc1ncnc(N(CCO)C2CCCCC2)c1Br. The molecule has 5 nitrogen and oxygen atoms in total. The Hall–Kier alpha value is -0.880. The standard InChI is InChI=1S/C15H25BrN4O/c1-2-8-17-14-13(16)15(19-11-18-14)20(9-10-21)12-6-4-3-5-7-12/h11-12,21H,2-10H2,1H3,(H,17,18,19). The molecule has 0 unspecified atom stereocenters. The van der Waals surface area contributed by atoms with Gasteiger partial charge < -0.3 is 15.3 Å². The van der Waals surface area contributed by atoms with Gasteiger partial charge in [0.25, 0.3) is 0 Å². The van der Waals surface area contributed by atoms with Crippen molar-refractivity contribution in [3.05, 3.63) is 10.8 Å². The third-order valence-corrected chi connectivity index (χ3v) is 4.67. The van der Waals surface area contributed by atoms with E-state index in [0.717, 1.165) is 29.1 Å². The maximum absolute atomic E-state index is 9.41. The minimum absolute atomic E-state index is 0.144. The molecule has 0 aliphatic heterocycles. The lowest BCUT2D eigenvalue weighted by molar-refractivity contribution is 0.289. The monoisotopic (exact) mass is 356 g/mol. The first-order chi connectivity index (χ1) is 10.3. The molecule has 0 saturated heterocycles. The van der Waals surface area contributed by atoms with Gasteiger partial charge >= 0.3 is 0 Å². The largest absolute Gasteiger partial charge is 0.395 e. The molecule has 0 spiro atoms. The summed E-state index contributed by atoms with van der Waals surface area (Å²) in [6.45, 7) is 3.78. The van der Waals surface area contributed by atoms with E-state index in [-0.39, 0.29) is 6.61 Å². The molecular weight excluding hydrogens is 332 g/mol. The normalized spacial score (nSPS) is 16.0. The Balaban J connectivity index is 2.22. The molecule has 1 aliphatic carbocycles. The summed E-state index contributed by atoms with van der Waals surface area (Å²) in [6, 6.07) is 0.469. The molecule has 0 aromatic carbocycles. The average Bonchev–Trinajstić information content (AvgIpc) is 2.53. The lowest BCUT2D eigenvalue weighted by Crippen LogP contribution is -2.39. The number of halogens is 1. The summed E-state index contributed by atoms with van der Waals surface area (Å²) in [7, 11) is 0. The smallest absolute Gasteiger partial charge is 0.148 e. The molecule has 1 fully saturated rings. The van der Waals surface area contributed by atoms with Gasteiger partial charge in [-0.2, -0.15) is 0 Å². The Bertz CT molecular complexity index is 438. The summed E-state index contributed by atoms with van der Waals surface area (Å²) >= 11 is 3.64. The first-order valence-electron chi connectivity index (χ1n) is 7.89. The van der Waals surface area contributed by atoms with E-state index in [1.165, 1.54) is 32.1 Å². The molecule has 2 N–H and O–H groups in total. The molecule has 0 atom stereocenters. The van der Waals surface area contributed by atoms with Crippen LogP contribution in [-0.2, 0) is 0 Å². The van der Waals surface area contributed by atoms with Crippen LogP contribution >= 0.6 is 15.9 Å². The van der Waals surface area contributed by atoms with Crippen LogP contribution in [0.4, 0.5) is 11.6 Å². The van der Waals surface area contributed by atoms with Crippen molar-refractivity contribution in [3.8, 4) is 0 Å². The number of aromatic nitrogens is 2. The fourth-order valence-electron chi connectivity index (χ4n) is 2.89. The van der Waals surface area contributed by atoms with Crippen molar-refractivity contribution >= 4 is 27.6 Å². The molecule has 21 heavy (non-hydrogen) atoms. The minimum Gasteiger partial charge on any atom is -0.395 e. The zero-order valence-electron chi connectivity index (χ0n) is 12.7. The van der Waals surface area contributed by atoms with Crippen molar-refractivity contribution in [3.63, 3.8) is 0 Å². The van der Waals surface area contributed by atoms with Gasteiger partial charge in [-0.1, -0.05) is 26.2 Å². The van der Waals surface area contributed by atoms with Gasteiger partial charge in [0.1, 0.15) is 22.4 Å². The van der Waals surface area contributed by atoms with Crippen molar-refractivity contribution in [2.75, 3.05) is 29.9 Å². The van der Waals surface area contributed by atoms with Gasteiger partial charge in [-0.05, 0) is 35.2 Å². The van der Waals surface area contributed by atoms with Crippen LogP contribution in [-0.4, -0.2) is 40.8 Å². The van der Waals surface area contributed by atoms with Crippen molar-refractivity contribution in [1.82, 2.24) is 9.97 Å². The highest BCUT2D eigenvalue weighted by atomic mass is 79.9. The Kier molecular flexibility index (Phi) is 6.70. The van der Waals surface area contributed by atoms with E-state index in [1.54, 1.807) is 6.33 Å². The number of aliphatic hydroxyl groups excluding tert-OH is 1. The summed E-state index contributed by atoms with van der Waals surface area (Å²) in [4.78, 5) is 11.0. The predicted molar refractivity (Wildman–Crippen MR) is 89.8 cm³/mol. The molecular formula is C15H25BrN4O. The first kappa shape index (κ1) is 16.5. The van der Waals surface area contributed by atoms with Crippen molar-refractivity contribution in [2.45, 2.75) is 51.5 Å². The molecule has 6 heteroatoms. The highest BCUT2D eigenvalue weighted by molar-refractivity contribution is 9.10. The van der Waals surface area contributed by atoms with E-state index < -0.39 is 0 Å². The molecule has 1 saturated carbocycles. The summed E-state index contributed by atoms with van der Waals surface area (Å²) in [5.41, 5.74) is 0. The topological polar surface area (TPSA) is 61.3 Å². The van der Waals surface area contributed by atoms with Crippen molar-refractivity contribution < 1.29 is 5.11 Å². The number of aliphatic hydroxyl groups is 1. The Labute approximate surface area is 135 Å². The summed E-state index contributed by atoms with van der Waals surface area (Å²) in [6.07, 6.45) is 8.84. The molecule has 0 amide bonds. The maximum Gasteiger partial charge on any atom is 0.148 e. The van der Waals surface area contributed by atoms with E-state index in [9.17, 15) is 5.11 Å². The van der Waals surface area contributed by atoms with Gasteiger partial charge in [0.05, 0.1) is 6.61 Å². The maximum atomic E-state index is 9.41. The van der Waals surface area contributed by atoms with Gasteiger partial charge in [-0.25, -0.2) is 9.97 Å². The predicted octanol–water partition coefficient (Wildman–Crippen LogP) is 3.19. The minimum atomic E-state index is 0.144. The van der Waals surface area contributed by atoms with Crippen LogP contribution < -0.4 is 10.2 Å². The van der Waals surface area contributed by atoms with E-state index in [2.05, 4.69) is 43.0 Å². The van der Waals surface area contributed by atoms with Crippen molar-refractivity contribution in [2.24, 2.45) is 0 Å². The number of rotatable bonds is 7. The zero-order valence-corrected chi connectivity index (χ0v) is 14.3. The molecule has 0 bridgehead atoms. The van der Waals surface area contributed by atoms with Crippen LogP contribution in [0.5, 0.6) is 0 Å². The van der Waals surface area contributed by atoms with E-state index in [0.29, 0.717) is 12.6 Å². The van der Waals surface area contributed by atoms with Gasteiger partial charge in [-0.3, -0.25) is 0 Å². The van der Waals surface area contributed by atoms with Crippen LogP contribution in [0, 0.1) is 0 Å². The van der Waals surface area contributed by atoms with Crippen LogP contribution in [0.1, 0.15) is 45.4 Å². The van der Waals surface area contributed by atoms with E-state index >= 15 is 0 Å². The second-order valence-electron chi connectivity index (χ2n) is 5.50. The number of anilines is 2. The molecule has 1 heterocycles. The van der Waals surface area contributed by atoms with E-state index in [1.807, 2.05) is 0 Å². The van der Waals surface area contributed by atoms with Gasteiger partial charge in [-0.15, -0.1) is 0 Å². The zero-order chi connectivity index (χ0) is 15.1. The lowest BCUT2D eigenvalue weighted by atomic mass is 9.94. The molecule has 1 aromatic heterocycles. The quantitative estimate of drug-likeness (QED) is 0.785. The molecule has 118 valence electrons. The summed E-state index contributed by atoms with van der Waals surface area (Å²) in [5.74, 6) is 1.73. The fraction of sp³-hybridized carbons (Fsp3) is 0.733. The summed E-state index contributed by atoms with van der Waals surface area (Å²) < 4.78 is 0.900. The van der Waals surface area contributed by atoms with Gasteiger partial charge in [0.15, 0.2) is 0 Å². The highest BCUT2D eigenvalue weighted by Crippen LogP contribution is 2.33. The third kappa shape index (κ3) is 4.30. The molecule has 0 radical (unpaired) electrons. The summed E-state index contributed by atoms with van der Waals surface area (Å²) in [5, 5.41) is 12.7. The number of nitrogens with one attached hydrogen (secondary N) is 1. The number of hydrogen-bond donors (Lipinski definition) is 2. The van der Waals surface area contributed by atoms with Crippen LogP contribution in [0.15, 0.2) is 10.8 Å². The Morgan fingerprint density at radius 1 is 1.33 bits per heavy atom. The number of nitrogens with zero attached hydrogens (tertiary/aromatic N) is 3. The molecule has 1 aromatic rings. The second-order valence-corrected chi connectivity index (χ2v) is 6.29. The third-order valence-electron chi connectivity index (χ3n) is 3.94. The Morgan fingerprint density at radius 3 is 2.76 bits per heavy atom. The number of hydrogen-bond acceptors (Lipinski definition) is 5. The van der Waals surface area contributed by atoms with Crippen LogP contribution in [0.25, 0.3) is 0 Å². The highest BCUT2D eigenvalue weighted by Gasteiger charge is 2.24. The van der Waals surface area contributed by atoms with Gasteiger partial charge in [0.2, 0.25) is 0 Å². The molecule has 1 aliphatic rings.